The highest BCUT2D eigenvalue weighted by molar-refractivity contribution is 5.99. The largest absolute Gasteiger partial charge is 0.269 e. The second kappa shape index (κ2) is 6.16. The predicted octanol–water partition coefficient (Wildman–Crippen LogP) is 1.63. The average Bonchev–Trinajstić information content (AvgIpc) is 2.53. The molecule has 98 valence electrons. The van der Waals surface area contributed by atoms with E-state index in [4.69, 9.17) is 5.26 Å². The van der Waals surface area contributed by atoms with Gasteiger partial charge in [0.1, 0.15) is 0 Å². The van der Waals surface area contributed by atoms with Gasteiger partial charge in [-0.15, -0.1) is 0 Å². The molecule has 0 aliphatic rings. The van der Waals surface area contributed by atoms with E-state index in [1.165, 1.54) is 6.07 Å². The van der Waals surface area contributed by atoms with Crippen molar-refractivity contribution in [2.24, 2.45) is 0 Å². The Bertz CT molecular complexity index is 675. The van der Waals surface area contributed by atoms with Crippen LogP contribution in [0.5, 0.6) is 0 Å². The Morgan fingerprint density at radius 2 is 1.45 bits per heavy atom. The van der Waals surface area contributed by atoms with Crippen LogP contribution >= 0.6 is 0 Å². The zero-order valence-corrected chi connectivity index (χ0v) is 10.5. The summed E-state index contributed by atoms with van der Waals surface area (Å²) < 4.78 is 0. The first kappa shape index (κ1) is 13.3. The van der Waals surface area contributed by atoms with Gasteiger partial charge >= 0.3 is 0 Å². The van der Waals surface area contributed by atoms with E-state index >= 15 is 0 Å². The highest BCUT2D eigenvalue weighted by atomic mass is 16.2. The summed E-state index contributed by atoms with van der Waals surface area (Å²) in [5, 5.41) is 8.76. The molecule has 0 aromatic heterocycles. The molecular formula is C15H11N3O2. The Hall–Kier alpha value is -3.13. The van der Waals surface area contributed by atoms with Crippen LogP contribution in [0, 0.1) is 11.3 Å². The van der Waals surface area contributed by atoms with Crippen LogP contribution < -0.4 is 10.9 Å². The zero-order chi connectivity index (χ0) is 14.4. The van der Waals surface area contributed by atoms with Crippen LogP contribution in [-0.2, 0) is 0 Å². The minimum Gasteiger partial charge on any atom is -0.267 e. The minimum absolute atomic E-state index is 0.303. The lowest BCUT2D eigenvalue weighted by atomic mass is 10.1. The van der Waals surface area contributed by atoms with Gasteiger partial charge in [-0.1, -0.05) is 24.3 Å². The van der Waals surface area contributed by atoms with E-state index in [-0.39, 0.29) is 0 Å². The van der Waals surface area contributed by atoms with Gasteiger partial charge in [-0.05, 0) is 30.3 Å². The molecule has 0 heterocycles. The molecule has 0 bridgehead atoms. The third-order valence-electron chi connectivity index (χ3n) is 2.58. The molecule has 2 N–H and O–H groups in total. The molecule has 2 aromatic carbocycles. The SMILES string of the molecule is N#Cc1cccc(C(=O)NNC(=O)c2ccccc2)c1. The summed E-state index contributed by atoms with van der Waals surface area (Å²) in [5.74, 6) is -0.887. The Labute approximate surface area is 115 Å². The fourth-order valence-corrected chi connectivity index (χ4v) is 1.58. The van der Waals surface area contributed by atoms with Gasteiger partial charge in [0.05, 0.1) is 11.6 Å². The number of hydrazine groups is 1. The van der Waals surface area contributed by atoms with Gasteiger partial charge in [0.15, 0.2) is 0 Å². The number of hydrogen-bond acceptors (Lipinski definition) is 3. The van der Waals surface area contributed by atoms with E-state index < -0.39 is 11.8 Å². The standard InChI is InChI=1S/C15H11N3O2/c16-10-11-5-4-8-13(9-11)15(20)18-17-14(19)12-6-2-1-3-7-12/h1-9H,(H,17,19)(H,18,20). The second-order valence-electron chi connectivity index (χ2n) is 3.97. The van der Waals surface area contributed by atoms with Crippen LogP contribution in [-0.4, -0.2) is 11.8 Å². The molecule has 0 spiro atoms. The molecular weight excluding hydrogens is 254 g/mol. The number of nitriles is 1. The number of carbonyl (C=O) groups excluding carboxylic acids is 2. The van der Waals surface area contributed by atoms with Crippen LogP contribution in [0.4, 0.5) is 0 Å². The summed E-state index contributed by atoms with van der Waals surface area (Å²) in [6.07, 6.45) is 0. The number of carbonyl (C=O) groups is 2. The number of amides is 2. The molecule has 0 aliphatic heterocycles. The molecule has 0 saturated heterocycles. The molecule has 0 fully saturated rings. The maximum Gasteiger partial charge on any atom is 0.269 e. The summed E-state index contributed by atoms with van der Waals surface area (Å²) in [6, 6.07) is 16.7. The van der Waals surface area contributed by atoms with Crippen LogP contribution in [0.15, 0.2) is 54.6 Å². The maximum absolute atomic E-state index is 11.8. The van der Waals surface area contributed by atoms with Crippen LogP contribution in [0.3, 0.4) is 0 Å². The van der Waals surface area contributed by atoms with Crippen LogP contribution in [0.25, 0.3) is 0 Å². The molecule has 5 heteroatoms. The van der Waals surface area contributed by atoms with E-state index in [2.05, 4.69) is 10.9 Å². The Morgan fingerprint density at radius 3 is 2.10 bits per heavy atom. The predicted molar refractivity (Wildman–Crippen MR) is 72.5 cm³/mol. The third-order valence-corrected chi connectivity index (χ3v) is 2.58. The lowest BCUT2D eigenvalue weighted by molar-refractivity contribution is 0.0846. The van der Waals surface area contributed by atoms with Gasteiger partial charge in [0, 0.05) is 11.1 Å². The lowest BCUT2D eigenvalue weighted by Crippen LogP contribution is -2.41. The summed E-state index contributed by atoms with van der Waals surface area (Å²) in [7, 11) is 0. The first-order valence-corrected chi connectivity index (χ1v) is 5.86. The van der Waals surface area contributed by atoms with E-state index in [9.17, 15) is 9.59 Å². The lowest BCUT2D eigenvalue weighted by Gasteiger charge is -2.07. The van der Waals surface area contributed by atoms with Gasteiger partial charge in [0.25, 0.3) is 11.8 Å². The minimum atomic E-state index is -0.480. The van der Waals surface area contributed by atoms with E-state index in [0.29, 0.717) is 16.7 Å². The number of hydrogen-bond donors (Lipinski definition) is 2. The van der Waals surface area contributed by atoms with Crippen molar-refractivity contribution in [3.63, 3.8) is 0 Å². The molecule has 5 nitrogen and oxygen atoms in total. The summed E-state index contributed by atoms with van der Waals surface area (Å²) in [4.78, 5) is 23.5. The maximum atomic E-state index is 11.8. The quantitative estimate of drug-likeness (QED) is 0.810. The van der Waals surface area contributed by atoms with E-state index in [1.807, 2.05) is 6.07 Å². The number of rotatable bonds is 2. The van der Waals surface area contributed by atoms with Crippen molar-refractivity contribution in [2.45, 2.75) is 0 Å². The van der Waals surface area contributed by atoms with Crippen molar-refractivity contribution >= 4 is 11.8 Å². The molecule has 0 unspecified atom stereocenters. The molecule has 0 radical (unpaired) electrons. The van der Waals surface area contributed by atoms with Crippen molar-refractivity contribution in [3.8, 4) is 6.07 Å². The molecule has 2 aromatic rings. The Kier molecular flexibility index (Phi) is 4.10. The smallest absolute Gasteiger partial charge is 0.267 e. The summed E-state index contributed by atoms with van der Waals surface area (Å²) >= 11 is 0. The second-order valence-corrected chi connectivity index (χ2v) is 3.97. The van der Waals surface area contributed by atoms with Gasteiger partial charge in [0.2, 0.25) is 0 Å². The van der Waals surface area contributed by atoms with E-state index in [1.54, 1.807) is 48.5 Å². The first-order chi connectivity index (χ1) is 9.70. The van der Waals surface area contributed by atoms with Gasteiger partial charge in [-0.25, -0.2) is 0 Å². The van der Waals surface area contributed by atoms with Crippen molar-refractivity contribution in [1.29, 1.82) is 5.26 Å². The number of nitrogens with one attached hydrogen (secondary N) is 2. The van der Waals surface area contributed by atoms with Gasteiger partial charge < -0.3 is 0 Å². The molecule has 0 atom stereocenters. The topological polar surface area (TPSA) is 82.0 Å². The van der Waals surface area contributed by atoms with Crippen LogP contribution in [0.2, 0.25) is 0 Å². The Balaban J connectivity index is 1.99. The van der Waals surface area contributed by atoms with Gasteiger partial charge in [-0.2, -0.15) is 5.26 Å². The van der Waals surface area contributed by atoms with E-state index in [0.717, 1.165) is 0 Å². The highest BCUT2D eigenvalue weighted by Gasteiger charge is 2.08. The first-order valence-electron chi connectivity index (χ1n) is 5.86. The Morgan fingerprint density at radius 1 is 0.850 bits per heavy atom. The molecule has 0 aliphatic carbocycles. The summed E-state index contributed by atoms with van der Waals surface area (Å²) in [6.45, 7) is 0. The normalized spacial score (nSPS) is 9.35. The monoisotopic (exact) mass is 265 g/mol. The molecule has 2 amide bonds. The molecule has 2 rings (SSSR count). The fraction of sp³-hybridized carbons (Fsp3) is 0. The average molecular weight is 265 g/mol. The van der Waals surface area contributed by atoms with Crippen molar-refractivity contribution in [1.82, 2.24) is 10.9 Å². The number of benzene rings is 2. The van der Waals surface area contributed by atoms with Crippen molar-refractivity contribution < 1.29 is 9.59 Å². The fourth-order valence-electron chi connectivity index (χ4n) is 1.58. The van der Waals surface area contributed by atoms with Crippen molar-refractivity contribution in [3.05, 3.63) is 71.3 Å². The van der Waals surface area contributed by atoms with Gasteiger partial charge in [-0.3, -0.25) is 20.4 Å². The highest BCUT2D eigenvalue weighted by Crippen LogP contribution is 2.03. The van der Waals surface area contributed by atoms with Crippen LogP contribution in [0.1, 0.15) is 26.3 Å². The molecule has 20 heavy (non-hydrogen) atoms. The number of nitrogens with zero attached hydrogens (tertiary/aromatic N) is 1. The molecule has 0 saturated carbocycles. The van der Waals surface area contributed by atoms with Crippen molar-refractivity contribution in [2.75, 3.05) is 0 Å². The zero-order valence-electron chi connectivity index (χ0n) is 10.5. The third kappa shape index (κ3) is 3.21. The summed E-state index contributed by atoms with van der Waals surface area (Å²) in [5.41, 5.74) is 5.74.